The minimum atomic E-state index is -0.358. The maximum Gasteiger partial charge on any atom is 0.254 e. The summed E-state index contributed by atoms with van der Waals surface area (Å²) in [4.78, 5) is 19.2. The average molecular weight is 418 g/mol. The predicted molar refractivity (Wildman–Crippen MR) is 107 cm³/mol. The van der Waals surface area contributed by atoms with Crippen molar-refractivity contribution in [2.75, 3.05) is 0 Å². The molecule has 1 heterocycles. The molecule has 28 heavy (non-hydrogen) atoms. The lowest BCUT2D eigenvalue weighted by Gasteiger charge is -2.23. The molecule has 0 N–H and O–H groups in total. The summed E-state index contributed by atoms with van der Waals surface area (Å²) >= 11 is 12.1. The molecule has 4 rings (SSSR count). The maximum absolute atomic E-state index is 14.2. The van der Waals surface area contributed by atoms with Crippen LogP contribution in [0.1, 0.15) is 34.6 Å². The van der Waals surface area contributed by atoms with Gasteiger partial charge in [-0.2, -0.15) is 0 Å². The number of hydrogen-bond acceptors (Lipinski definition) is 2. The molecule has 7 heteroatoms. The Morgan fingerprint density at radius 1 is 1.18 bits per heavy atom. The summed E-state index contributed by atoms with van der Waals surface area (Å²) in [6.07, 6.45) is 5.37. The molecule has 1 aliphatic rings. The van der Waals surface area contributed by atoms with Gasteiger partial charge in [0.25, 0.3) is 5.91 Å². The number of hydrogen-bond donors (Lipinski definition) is 0. The lowest BCUT2D eigenvalue weighted by molar-refractivity contribution is 0.0723. The molecule has 1 aromatic heterocycles. The third-order valence-corrected chi connectivity index (χ3v) is 5.45. The normalized spacial score (nSPS) is 13.5. The summed E-state index contributed by atoms with van der Waals surface area (Å²) in [6.45, 7) is 0.611. The van der Waals surface area contributed by atoms with E-state index < -0.39 is 0 Å². The molecule has 4 nitrogen and oxygen atoms in total. The van der Waals surface area contributed by atoms with Crippen molar-refractivity contribution in [3.63, 3.8) is 0 Å². The monoisotopic (exact) mass is 417 g/mol. The van der Waals surface area contributed by atoms with Crippen LogP contribution in [0.2, 0.25) is 10.0 Å². The summed E-state index contributed by atoms with van der Waals surface area (Å²) in [5, 5.41) is 0.961. The molecule has 0 aliphatic heterocycles. The van der Waals surface area contributed by atoms with E-state index in [0.29, 0.717) is 33.5 Å². The van der Waals surface area contributed by atoms with Crippen LogP contribution in [-0.4, -0.2) is 26.4 Å². The summed E-state index contributed by atoms with van der Waals surface area (Å²) in [7, 11) is 0. The lowest BCUT2D eigenvalue weighted by atomic mass is 10.2. The van der Waals surface area contributed by atoms with Crippen LogP contribution in [-0.2, 0) is 13.1 Å². The van der Waals surface area contributed by atoms with Gasteiger partial charge in [-0.15, -0.1) is 0 Å². The summed E-state index contributed by atoms with van der Waals surface area (Å²) in [5.41, 5.74) is 0.997. The van der Waals surface area contributed by atoms with E-state index in [9.17, 15) is 9.18 Å². The first-order chi connectivity index (χ1) is 13.5. The maximum atomic E-state index is 14.2. The molecule has 0 bridgehead atoms. The standard InChI is InChI=1S/C21H18Cl2FN3O/c22-15-6-4-14(5-7-15)21(28)27(16-8-9-16)13-20-25-10-11-26(20)12-17-18(23)2-1-3-19(17)24/h1-7,10-11,16H,8-9,12-13H2. The predicted octanol–water partition coefficient (Wildman–Crippen LogP) is 5.18. The SMILES string of the molecule is O=C(c1ccc(Cl)cc1)N(Cc1nccn1Cc1c(F)cccc1Cl)C1CC1. The van der Waals surface area contributed by atoms with Crippen molar-refractivity contribution in [1.82, 2.24) is 14.5 Å². The molecule has 1 saturated carbocycles. The van der Waals surface area contributed by atoms with Crippen LogP contribution in [0.25, 0.3) is 0 Å². The van der Waals surface area contributed by atoms with Gasteiger partial charge in [0.1, 0.15) is 11.6 Å². The fourth-order valence-electron chi connectivity index (χ4n) is 3.15. The van der Waals surface area contributed by atoms with Crippen LogP contribution >= 0.6 is 23.2 Å². The van der Waals surface area contributed by atoms with Gasteiger partial charge in [-0.25, -0.2) is 9.37 Å². The van der Waals surface area contributed by atoms with Gasteiger partial charge in [0.15, 0.2) is 0 Å². The number of nitrogens with zero attached hydrogens (tertiary/aromatic N) is 3. The number of halogens is 3. The van der Waals surface area contributed by atoms with E-state index >= 15 is 0 Å². The Morgan fingerprint density at radius 3 is 2.61 bits per heavy atom. The number of imidazole rings is 1. The van der Waals surface area contributed by atoms with Crippen LogP contribution in [0, 0.1) is 5.82 Å². The van der Waals surface area contributed by atoms with Gasteiger partial charge in [0, 0.05) is 39.6 Å². The van der Waals surface area contributed by atoms with E-state index in [0.717, 1.165) is 12.8 Å². The number of aromatic nitrogens is 2. The largest absolute Gasteiger partial charge is 0.329 e. The first-order valence-electron chi connectivity index (χ1n) is 9.02. The lowest BCUT2D eigenvalue weighted by Crippen LogP contribution is -2.33. The van der Waals surface area contributed by atoms with Gasteiger partial charge in [-0.1, -0.05) is 29.3 Å². The van der Waals surface area contributed by atoms with Crippen LogP contribution in [0.3, 0.4) is 0 Å². The molecule has 2 aromatic carbocycles. The van der Waals surface area contributed by atoms with Crippen LogP contribution in [0.15, 0.2) is 54.9 Å². The van der Waals surface area contributed by atoms with Crippen molar-refractivity contribution < 1.29 is 9.18 Å². The zero-order valence-electron chi connectivity index (χ0n) is 15.0. The van der Waals surface area contributed by atoms with Crippen molar-refractivity contribution in [2.45, 2.75) is 32.0 Å². The second-order valence-electron chi connectivity index (χ2n) is 6.84. The molecule has 1 amide bonds. The summed E-state index contributed by atoms with van der Waals surface area (Å²) in [6, 6.07) is 11.7. The number of rotatable bonds is 6. The highest BCUT2D eigenvalue weighted by molar-refractivity contribution is 6.31. The molecule has 3 aromatic rings. The molecular weight excluding hydrogens is 400 g/mol. The van der Waals surface area contributed by atoms with Gasteiger partial charge in [-0.3, -0.25) is 4.79 Å². The zero-order valence-corrected chi connectivity index (χ0v) is 16.5. The minimum Gasteiger partial charge on any atom is -0.329 e. The van der Waals surface area contributed by atoms with E-state index in [4.69, 9.17) is 23.2 Å². The van der Waals surface area contributed by atoms with Crippen molar-refractivity contribution in [3.8, 4) is 0 Å². The fraction of sp³-hybridized carbons (Fsp3) is 0.238. The van der Waals surface area contributed by atoms with Gasteiger partial charge in [0.2, 0.25) is 0 Å². The Bertz CT molecular complexity index is 979. The minimum absolute atomic E-state index is 0.0577. The topological polar surface area (TPSA) is 38.1 Å². The van der Waals surface area contributed by atoms with E-state index in [2.05, 4.69) is 4.98 Å². The molecule has 0 spiro atoms. The number of carbonyl (C=O) groups is 1. The highest BCUT2D eigenvalue weighted by Crippen LogP contribution is 2.30. The highest BCUT2D eigenvalue weighted by atomic mass is 35.5. The molecule has 0 unspecified atom stereocenters. The molecular formula is C21H18Cl2FN3O. The molecule has 144 valence electrons. The van der Waals surface area contributed by atoms with Crippen molar-refractivity contribution >= 4 is 29.1 Å². The van der Waals surface area contributed by atoms with E-state index in [1.54, 1.807) is 48.8 Å². The van der Waals surface area contributed by atoms with Crippen LogP contribution in [0.5, 0.6) is 0 Å². The Labute approximate surface area is 172 Å². The second-order valence-corrected chi connectivity index (χ2v) is 7.69. The second kappa shape index (κ2) is 7.94. The van der Waals surface area contributed by atoms with Crippen molar-refractivity contribution in [3.05, 3.63) is 87.7 Å². The van der Waals surface area contributed by atoms with Crippen LogP contribution < -0.4 is 0 Å². The van der Waals surface area contributed by atoms with Gasteiger partial charge in [-0.05, 0) is 49.2 Å². The number of carbonyl (C=O) groups excluding carboxylic acids is 1. The molecule has 1 fully saturated rings. The zero-order chi connectivity index (χ0) is 19.7. The number of benzene rings is 2. The average Bonchev–Trinajstić information content (AvgIpc) is 3.43. The van der Waals surface area contributed by atoms with Gasteiger partial charge >= 0.3 is 0 Å². The smallest absolute Gasteiger partial charge is 0.254 e. The van der Waals surface area contributed by atoms with E-state index in [1.807, 2.05) is 9.47 Å². The Kier molecular flexibility index (Phi) is 5.38. The molecule has 0 radical (unpaired) electrons. The van der Waals surface area contributed by atoms with Crippen LogP contribution in [0.4, 0.5) is 4.39 Å². The van der Waals surface area contributed by atoms with E-state index in [-0.39, 0.29) is 24.3 Å². The third-order valence-electron chi connectivity index (χ3n) is 4.84. The van der Waals surface area contributed by atoms with Gasteiger partial charge < -0.3 is 9.47 Å². The first kappa shape index (κ1) is 19.0. The number of amides is 1. The Hall–Kier alpha value is -2.37. The van der Waals surface area contributed by atoms with Gasteiger partial charge in [0.05, 0.1) is 13.1 Å². The summed E-state index contributed by atoms with van der Waals surface area (Å²) in [5.74, 6) is 0.273. The van der Waals surface area contributed by atoms with Crippen molar-refractivity contribution in [2.24, 2.45) is 0 Å². The highest BCUT2D eigenvalue weighted by Gasteiger charge is 2.34. The summed E-state index contributed by atoms with van der Waals surface area (Å²) < 4.78 is 16.0. The quantitative estimate of drug-likeness (QED) is 0.553. The van der Waals surface area contributed by atoms with E-state index in [1.165, 1.54) is 6.07 Å². The van der Waals surface area contributed by atoms with Crippen molar-refractivity contribution in [1.29, 1.82) is 0 Å². The molecule has 0 atom stereocenters. The molecule has 0 saturated heterocycles. The fourth-order valence-corrected chi connectivity index (χ4v) is 3.50. The Morgan fingerprint density at radius 2 is 1.93 bits per heavy atom. The Balaban J connectivity index is 1.57. The third kappa shape index (κ3) is 4.05. The molecule has 1 aliphatic carbocycles. The first-order valence-corrected chi connectivity index (χ1v) is 9.78.